The zero-order valence-corrected chi connectivity index (χ0v) is 18.5. The SMILES string of the molecule is CCCCNC(=O)CN(Cc1cccc(-c2ccccc2O)c1)C(=O)Cc1ccccc1. The highest BCUT2D eigenvalue weighted by molar-refractivity contribution is 5.86. The Morgan fingerprint density at radius 3 is 2.38 bits per heavy atom. The second-order valence-electron chi connectivity index (χ2n) is 7.83. The summed E-state index contributed by atoms with van der Waals surface area (Å²) in [5.41, 5.74) is 3.41. The number of hydrogen-bond acceptors (Lipinski definition) is 3. The van der Waals surface area contributed by atoms with Crippen LogP contribution in [0.4, 0.5) is 0 Å². The number of aromatic hydroxyl groups is 1. The zero-order valence-electron chi connectivity index (χ0n) is 18.5. The van der Waals surface area contributed by atoms with E-state index in [-0.39, 0.29) is 30.5 Å². The number of phenols is 1. The molecule has 166 valence electrons. The van der Waals surface area contributed by atoms with Gasteiger partial charge in [0.05, 0.1) is 13.0 Å². The first-order chi connectivity index (χ1) is 15.6. The molecule has 2 amide bonds. The molecule has 0 bridgehead atoms. The normalized spacial score (nSPS) is 10.5. The quantitative estimate of drug-likeness (QED) is 0.464. The maximum absolute atomic E-state index is 13.1. The van der Waals surface area contributed by atoms with Crippen molar-refractivity contribution in [1.29, 1.82) is 0 Å². The molecule has 32 heavy (non-hydrogen) atoms. The summed E-state index contributed by atoms with van der Waals surface area (Å²) < 4.78 is 0. The first-order valence-corrected chi connectivity index (χ1v) is 11.0. The van der Waals surface area contributed by atoms with Crippen LogP contribution in [0.25, 0.3) is 11.1 Å². The van der Waals surface area contributed by atoms with Gasteiger partial charge < -0.3 is 15.3 Å². The molecule has 0 saturated carbocycles. The fraction of sp³-hybridized carbons (Fsp3) is 0.259. The number of carbonyl (C=O) groups is 2. The molecule has 0 atom stereocenters. The summed E-state index contributed by atoms with van der Waals surface area (Å²) in [5, 5.41) is 13.1. The van der Waals surface area contributed by atoms with Crippen LogP contribution in [0.3, 0.4) is 0 Å². The van der Waals surface area contributed by atoms with Gasteiger partial charge in [-0.25, -0.2) is 0 Å². The van der Waals surface area contributed by atoms with E-state index in [1.165, 1.54) is 0 Å². The average molecular weight is 431 g/mol. The summed E-state index contributed by atoms with van der Waals surface area (Å²) in [7, 11) is 0. The third-order valence-electron chi connectivity index (χ3n) is 5.25. The summed E-state index contributed by atoms with van der Waals surface area (Å²) in [4.78, 5) is 27.2. The third-order valence-corrected chi connectivity index (χ3v) is 5.25. The topological polar surface area (TPSA) is 69.6 Å². The van der Waals surface area contributed by atoms with Crippen molar-refractivity contribution in [2.75, 3.05) is 13.1 Å². The number of rotatable bonds is 10. The Kier molecular flexibility index (Phi) is 8.44. The maximum atomic E-state index is 13.1. The fourth-order valence-corrected chi connectivity index (χ4v) is 3.52. The van der Waals surface area contributed by atoms with Gasteiger partial charge in [-0.3, -0.25) is 9.59 Å². The van der Waals surface area contributed by atoms with Gasteiger partial charge in [-0.15, -0.1) is 0 Å². The molecule has 0 aliphatic heterocycles. The molecule has 5 heteroatoms. The predicted molar refractivity (Wildman–Crippen MR) is 127 cm³/mol. The van der Waals surface area contributed by atoms with Gasteiger partial charge in [0.1, 0.15) is 5.75 Å². The monoisotopic (exact) mass is 430 g/mol. The van der Waals surface area contributed by atoms with E-state index in [0.717, 1.165) is 35.1 Å². The smallest absolute Gasteiger partial charge is 0.239 e. The summed E-state index contributed by atoms with van der Waals surface area (Å²) in [5.74, 6) is -0.0523. The number of unbranched alkanes of at least 4 members (excludes halogenated alkanes) is 1. The fourth-order valence-electron chi connectivity index (χ4n) is 3.52. The van der Waals surface area contributed by atoms with Crippen LogP contribution in [0.5, 0.6) is 5.75 Å². The van der Waals surface area contributed by atoms with Crippen LogP contribution in [0.2, 0.25) is 0 Å². The van der Waals surface area contributed by atoms with E-state index in [9.17, 15) is 14.7 Å². The first-order valence-electron chi connectivity index (χ1n) is 11.0. The average Bonchev–Trinajstić information content (AvgIpc) is 2.80. The number of hydrogen-bond donors (Lipinski definition) is 2. The highest BCUT2D eigenvalue weighted by Crippen LogP contribution is 2.29. The Labute approximate surface area is 189 Å². The molecule has 2 N–H and O–H groups in total. The van der Waals surface area contributed by atoms with Gasteiger partial charge >= 0.3 is 0 Å². The Morgan fingerprint density at radius 1 is 0.906 bits per heavy atom. The van der Waals surface area contributed by atoms with Gasteiger partial charge in [0.15, 0.2) is 0 Å². The number of nitrogens with one attached hydrogen (secondary N) is 1. The van der Waals surface area contributed by atoms with Crippen LogP contribution in [0.15, 0.2) is 78.9 Å². The minimum Gasteiger partial charge on any atom is -0.507 e. The lowest BCUT2D eigenvalue weighted by Gasteiger charge is -2.23. The minimum atomic E-state index is -0.156. The van der Waals surface area contributed by atoms with Crippen molar-refractivity contribution in [2.45, 2.75) is 32.7 Å². The molecule has 0 unspecified atom stereocenters. The second kappa shape index (κ2) is 11.7. The molecule has 3 aromatic rings. The van der Waals surface area contributed by atoms with E-state index in [4.69, 9.17) is 0 Å². The van der Waals surface area contributed by atoms with E-state index in [1.807, 2.05) is 66.7 Å². The lowest BCUT2D eigenvalue weighted by molar-refractivity contribution is -0.136. The van der Waals surface area contributed by atoms with Crippen molar-refractivity contribution in [3.63, 3.8) is 0 Å². The van der Waals surface area contributed by atoms with Crippen LogP contribution in [-0.2, 0) is 22.6 Å². The summed E-state index contributed by atoms with van der Waals surface area (Å²) >= 11 is 0. The number of amides is 2. The molecule has 3 aromatic carbocycles. The molecule has 0 radical (unpaired) electrons. The van der Waals surface area contributed by atoms with Crippen molar-refractivity contribution < 1.29 is 14.7 Å². The van der Waals surface area contributed by atoms with Gasteiger partial charge in [-0.05, 0) is 35.2 Å². The molecule has 3 rings (SSSR count). The third kappa shape index (κ3) is 6.71. The van der Waals surface area contributed by atoms with E-state index < -0.39 is 0 Å². The first kappa shape index (κ1) is 23.1. The number of carbonyl (C=O) groups excluding carboxylic acids is 2. The van der Waals surface area contributed by atoms with E-state index in [2.05, 4.69) is 12.2 Å². The summed E-state index contributed by atoms with van der Waals surface area (Å²) in [6, 6.07) is 24.4. The van der Waals surface area contributed by atoms with Gasteiger partial charge in [0.25, 0.3) is 0 Å². The lowest BCUT2D eigenvalue weighted by atomic mass is 10.0. The Balaban J connectivity index is 1.78. The molecule has 5 nitrogen and oxygen atoms in total. The zero-order chi connectivity index (χ0) is 22.8. The number of para-hydroxylation sites is 1. The molecule has 0 aliphatic rings. The van der Waals surface area contributed by atoms with Crippen molar-refractivity contribution in [2.24, 2.45) is 0 Å². The van der Waals surface area contributed by atoms with Gasteiger partial charge in [0.2, 0.25) is 11.8 Å². The molecule has 0 fully saturated rings. The Hall–Kier alpha value is -3.60. The molecule has 0 saturated heterocycles. The standard InChI is InChI=1S/C27H30N2O3/c1-2-3-16-28-26(31)20-29(27(32)18-21-10-5-4-6-11-21)19-22-12-9-13-23(17-22)24-14-7-8-15-25(24)30/h4-15,17,30H,2-3,16,18-20H2,1H3,(H,28,31). The Bertz CT molecular complexity index is 1030. The molecular weight excluding hydrogens is 400 g/mol. The number of phenolic OH excluding ortho intramolecular Hbond substituents is 1. The molecule has 0 heterocycles. The van der Waals surface area contributed by atoms with Crippen molar-refractivity contribution in [3.05, 3.63) is 90.0 Å². The van der Waals surface area contributed by atoms with Crippen molar-refractivity contribution in [1.82, 2.24) is 10.2 Å². The van der Waals surface area contributed by atoms with Crippen LogP contribution in [0.1, 0.15) is 30.9 Å². The largest absolute Gasteiger partial charge is 0.507 e. The van der Waals surface area contributed by atoms with Crippen molar-refractivity contribution in [3.8, 4) is 16.9 Å². The summed E-state index contributed by atoms with van der Waals surface area (Å²) in [6.07, 6.45) is 2.14. The van der Waals surface area contributed by atoms with Crippen LogP contribution >= 0.6 is 0 Å². The van der Waals surface area contributed by atoms with Crippen molar-refractivity contribution >= 4 is 11.8 Å². The summed E-state index contributed by atoms with van der Waals surface area (Å²) in [6.45, 7) is 3.00. The Morgan fingerprint density at radius 2 is 1.62 bits per heavy atom. The predicted octanol–water partition coefficient (Wildman–Crippen LogP) is 4.55. The maximum Gasteiger partial charge on any atom is 0.239 e. The minimum absolute atomic E-state index is 0.0101. The lowest BCUT2D eigenvalue weighted by Crippen LogP contribution is -2.41. The van der Waals surface area contributed by atoms with E-state index in [1.54, 1.807) is 17.0 Å². The van der Waals surface area contributed by atoms with E-state index >= 15 is 0 Å². The van der Waals surface area contributed by atoms with Crippen LogP contribution in [0, 0.1) is 0 Å². The van der Waals surface area contributed by atoms with Gasteiger partial charge in [-0.2, -0.15) is 0 Å². The second-order valence-corrected chi connectivity index (χ2v) is 7.83. The van der Waals surface area contributed by atoms with Gasteiger partial charge in [0, 0.05) is 18.7 Å². The van der Waals surface area contributed by atoms with E-state index in [0.29, 0.717) is 13.1 Å². The number of nitrogens with zero attached hydrogens (tertiary/aromatic N) is 1. The molecular formula is C27H30N2O3. The molecule has 0 aromatic heterocycles. The highest BCUT2D eigenvalue weighted by atomic mass is 16.3. The van der Waals surface area contributed by atoms with Crippen LogP contribution < -0.4 is 5.32 Å². The van der Waals surface area contributed by atoms with Gasteiger partial charge in [-0.1, -0.05) is 80.1 Å². The molecule has 0 spiro atoms. The number of benzene rings is 3. The molecule has 0 aliphatic carbocycles. The highest BCUT2D eigenvalue weighted by Gasteiger charge is 2.18. The van der Waals surface area contributed by atoms with Crippen LogP contribution in [-0.4, -0.2) is 34.9 Å².